The summed E-state index contributed by atoms with van der Waals surface area (Å²) in [6.07, 6.45) is 0.640. The molecule has 2 amide bonds. The summed E-state index contributed by atoms with van der Waals surface area (Å²) in [6.45, 7) is 7.61. The minimum Gasteiger partial charge on any atom is -0.491 e. The van der Waals surface area contributed by atoms with Gasteiger partial charge >= 0.3 is 0 Å². The lowest BCUT2D eigenvalue weighted by atomic mass is 9.87. The molecule has 0 bridgehead atoms. The van der Waals surface area contributed by atoms with Crippen molar-refractivity contribution >= 4 is 11.8 Å². The zero-order chi connectivity index (χ0) is 24.3. The first-order chi connectivity index (χ1) is 16.3. The van der Waals surface area contributed by atoms with Crippen LogP contribution in [-0.4, -0.2) is 71.2 Å². The van der Waals surface area contributed by atoms with Gasteiger partial charge in [-0.25, -0.2) is 0 Å². The first-order valence-electron chi connectivity index (χ1n) is 12.0. The van der Waals surface area contributed by atoms with Crippen LogP contribution in [0, 0.1) is 6.92 Å². The molecule has 4 rings (SSSR count). The Balaban J connectivity index is 1.47. The van der Waals surface area contributed by atoms with Crippen molar-refractivity contribution in [2.45, 2.75) is 51.4 Å². The van der Waals surface area contributed by atoms with Crippen LogP contribution in [0.2, 0.25) is 0 Å². The first-order valence-corrected chi connectivity index (χ1v) is 12.0. The highest BCUT2D eigenvalue weighted by atomic mass is 16.5. The van der Waals surface area contributed by atoms with Gasteiger partial charge in [-0.1, -0.05) is 30.3 Å². The van der Waals surface area contributed by atoms with Crippen molar-refractivity contribution in [3.8, 4) is 5.75 Å². The molecule has 1 spiro atoms. The number of aryl methyl sites for hydroxylation is 1. The van der Waals surface area contributed by atoms with Crippen LogP contribution >= 0.6 is 0 Å². The fourth-order valence-electron chi connectivity index (χ4n) is 4.82. The average Bonchev–Trinajstić information content (AvgIpc) is 2.83. The van der Waals surface area contributed by atoms with Gasteiger partial charge in [0.15, 0.2) is 6.10 Å². The Hall–Kier alpha value is -2.90. The maximum absolute atomic E-state index is 13.2. The van der Waals surface area contributed by atoms with Gasteiger partial charge in [0.1, 0.15) is 5.75 Å². The fraction of sp³-hybridized carbons (Fsp3) is 0.481. The molecule has 2 aliphatic heterocycles. The van der Waals surface area contributed by atoms with E-state index in [0.717, 1.165) is 16.9 Å². The van der Waals surface area contributed by atoms with Crippen molar-refractivity contribution in [1.82, 2.24) is 9.80 Å². The summed E-state index contributed by atoms with van der Waals surface area (Å²) in [4.78, 5) is 29.8. The van der Waals surface area contributed by atoms with Crippen molar-refractivity contribution in [2.75, 3.05) is 32.8 Å². The molecule has 2 heterocycles. The molecule has 2 fully saturated rings. The van der Waals surface area contributed by atoms with Gasteiger partial charge in [0.05, 0.1) is 24.9 Å². The topological polar surface area (TPSA) is 79.3 Å². The predicted molar refractivity (Wildman–Crippen MR) is 129 cm³/mol. The van der Waals surface area contributed by atoms with Crippen molar-refractivity contribution in [3.05, 3.63) is 65.2 Å². The number of nitrogens with zero attached hydrogens (tertiary/aromatic N) is 2. The van der Waals surface area contributed by atoms with E-state index < -0.39 is 11.7 Å². The second-order valence-electron chi connectivity index (χ2n) is 9.51. The van der Waals surface area contributed by atoms with E-state index >= 15 is 0 Å². The summed E-state index contributed by atoms with van der Waals surface area (Å²) in [5.74, 6) is 0.664. The van der Waals surface area contributed by atoms with Crippen LogP contribution < -0.4 is 4.74 Å². The third kappa shape index (κ3) is 5.10. The summed E-state index contributed by atoms with van der Waals surface area (Å²) < 4.78 is 12.3. The molecular weight excluding hydrogens is 432 g/mol. The minimum atomic E-state index is -0.695. The SMILES string of the molecule is Cc1cc(C(=O)N2CCC3(CC2)CN(CCO)C(=O)C(c2ccccc2)O3)ccc1OC(C)C. The van der Waals surface area contributed by atoms with Crippen molar-refractivity contribution in [2.24, 2.45) is 0 Å². The number of ether oxygens (including phenoxy) is 2. The number of morpholine rings is 1. The number of benzene rings is 2. The van der Waals surface area contributed by atoms with Gasteiger partial charge in [-0.15, -0.1) is 0 Å². The molecule has 2 aromatic carbocycles. The normalized spacial score (nSPS) is 20.1. The third-order valence-electron chi connectivity index (χ3n) is 6.60. The zero-order valence-electron chi connectivity index (χ0n) is 20.2. The van der Waals surface area contributed by atoms with E-state index in [4.69, 9.17) is 9.47 Å². The van der Waals surface area contributed by atoms with E-state index in [-0.39, 0.29) is 31.1 Å². The first kappa shape index (κ1) is 24.2. The number of hydrogen-bond acceptors (Lipinski definition) is 5. The molecule has 2 saturated heterocycles. The van der Waals surface area contributed by atoms with Gasteiger partial charge in [0.2, 0.25) is 0 Å². The Morgan fingerprint density at radius 1 is 1.18 bits per heavy atom. The molecule has 0 saturated carbocycles. The van der Waals surface area contributed by atoms with E-state index in [1.54, 1.807) is 4.90 Å². The van der Waals surface area contributed by atoms with Crippen LogP contribution in [0.25, 0.3) is 0 Å². The molecule has 7 nitrogen and oxygen atoms in total. The maximum atomic E-state index is 13.2. The number of carbonyl (C=O) groups excluding carboxylic acids is 2. The van der Waals surface area contributed by atoms with E-state index in [1.807, 2.05) is 74.2 Å². The highest BCUT2D eigenvalue weighted by molar-refractivity contribution is 5.94. The molecule has 7 heteroatoms. The number of aliphatic hydroxyl groups is 1. The molecule has 34 heavy (non-hydrogen) atoms. The highest BCUT2D eigenvalue weighted by Crippen LogP contribution is 2.38. The molecule has 2 aromatic rings. The summed E-state index contributed by atoms with van der Waals surface area (Å²) in [5.41, 5.74) is 1.86. The number of likely N-dealkylation sites (tertiary alicyclic amines) is 1. The number of hydrogen-bond donors (Lipinski definition) is 1. The van der Waals surface area contributed by atoms with Gasteiger partial charge in [-0.05, 0) is 62.9 Å². The number of piperidine rings is 1. The van der Waals surface area contributed by atoms with Crippen LogP contribution in [-0.2, 0) is 9.53 Å². The number of β-amino-alcohol motifs (C(OH)–C–C–N with tert-alkyl or cyclic N) is 1. The highest BCUT2D eigenvalue weighted by Gasteiger charge is 2.47. The van der Waals surface area contributed by atoms with E-state index in [1.165, 1.54) is 0 Å². The smallest absolute Gasteiger partial charge is 0.256 e. The Morgan fingerprint density at radius 2 is 1.88 bits per heavy atom. The van der Waals surface area contributed by atoms with Gasteiger partial charge in [0.25, 0.3) is 11.8 Å². The Morgan fingerprint density at radius 3 is 2.50 bits per heavy atom. The van der Waals surface area contributed by atoms with Crippen molar-refractivity contribution in [1.29, 1.82) is 0 Å². The lowest BCUT2D eigenvalue weighted by molar-refractivity contribution is -0.194. The lowest BCUT2D eigenvalue weighted by Gasteiger charge is -2.49. The molecule has 1 unspecified atom stereocenters. The van der Waals surface area contributed by atoms with Gasteiger partial charge in [-0.2, -0.15) is 0 Å². The van der Waals surface area contributed by atoms with Gasteiger partial charge in [-0.3, -0.25) is 9.59 Å². The van der Waals surface area contributed by atoms with Gasteiger partial charge < -0.3 is 24.4 Å². The molecule has 1 atom stereocenters. The minimum absolute atomic E-state index is 0.00671. The molecule has 0 aromatic heterocycles. The summed E-state index contributed by atoms with van der Waals surface area (Å²) in [5, 5.41) is 9.51. The number of rotatable bonds is 6. The molecule has 0 aliphatic carbocycles. The standard InChI is InChI=1S/C27H34N2O5/c1-19(2)33-23-10-9-22(17-20(23)3)25(31)28-13-11-27(12-14-28)18-29(15-16-30)26(32)24(34-27)21-7-5-4-6-8-21/h4-10,17,19,24,30H,11-16,18H2,1-3H3. The maximum Gasteiger partial charge on any atom is 0.256 e. The number of aliphatic hydroxyl groups excluding tert-OH is 1. The van der Waals surface area contributed by atoms with E-state index in [9.17, 15) is 14.7 Å². The predicted octanol–water partition coefficient (Wildman–Crippen LogP) is 3.35. The van der Waals surface area contributed by atoms with Crippen molar-refractivity contribution in [3.63, 3.8) is 0 Å². The molecule has 2 aliphatic rings. The average molecular weight is 467 g/mol. The Bertz CT molecular complexity index is 1010. The largest absolute Gasteiger partial charge is 0.491 e. The van der Waals surface area contributed by atoms with Crippen LogP contribution in [0.4, 0.5) is 0 Å². The Kier molecular flexibility index (Phi) is 7.24. The molecule has 182 valence electrons. The number of carbonyl (C=O) groups is 2. The van der Waals surface area contributed by atoms with Crippen LogP contribution in [0.3, 0.4) is 0 Å². The monoisotopic (exact) mass is 466 g/mol. The fourth-order valence-corrected chi connectivity index (χ4v) is 4.82. The molecule has 1 N–H and O–H groups in total. The lowest BCUT2D eigenvalue weighted by Crippen LogP contribution is -2.60. The van der Waals surface area contributed by atoms with Crippen molar-refractivity contribution < 1.29 is 24.2 Å². The van der Waals surface area contributed by atoms with Crippen LogP contribution in [0.1, 0.15) is 54.3 Å². The Labute approximate surface area is 201 Å². The summed E-state index contributed by atoms with van der Waals surface area (Å²) in [6, 6.07) is 15.1. The quantitative estimate of drug-likeness (QED) is 0.706. The second-order valence-corrected chi connectivity index (χ2v) is 9.51. The zero-order valence-corrected chi connectivity index (χ0v) is 20.2. The molecule has 0 radical (unpaired) electrons. The van der Waals surface area contributed by atoms with Crippen LogP contribution in [0.5, 0.6) is 5.75 Å². The molecular formula is C27H34N2O5. The van der Waals surface area contributed by atoms with E-state index in [2.05, 4.69) is 0 Å². The van der Waals surface area contributed by atoms with Gasteiger partial charge in [0, 0.05) is 25.2 Å². The summed E-state index contributed by atoms with van der Waals surface area (Å²) >= 11 is 0. The van der Waals surface area contributed by atoms with Crippen LogP contribution in [0.15, 0.2) is 48.5 Å². The summed E-state index contributed by atoms with van der Waals surface area (Å²) in [7, 11) is 0. The third-order valence-corrected chi connectivity index (χ3v) is 6.60. The second kappa shape index (κ2) is 10.2. The number of amides is 2. The van der Waals surface area contributed by atoms with E-state index in [0.29, 0.717) is 38.0 Å².